The van der Waals surface area contributed by atoms with Gasteiger partial charge in [0.15, 0.2) is 0 Å². The van der Waals surface area contributed by atoms with E-state index in [9.17, 15) is 19.5 Å². The van der Waals surface area contributed by atoms with Crippen LogP contribution >= 0.6 is 11.3 Å². The van der Waals surface area contributed by atoms with Gasteiger partial charge in [0.05, 0.1) is 17.4 Å². The maximum Gasteiger partial charge on any atom is 0.307 e. The number of carbonyl (C=O) groups is 3. The molecule has 0 saturated carbocycles. The molecule has 2 aliphatic rings. The first kappa shape index (κ1) is 21.3. The first-order valence-electron chi connectivity index (χ1n) is 10.6. The number of hydrogen-bond donors (Lipinski definition) is 3. The van der Waals surface area contributed by atoms with Gasteiger partial charge in [0.25, 0.3) is 5.91 Å². The van der Waals surface area contributed by atoms with Crippen LogP contribution in [-0.4, -0.2) is 22.9 Å². The van der Waals surface area contributed by atoms with Gasteiger partial charge in [0, 0.05) is 10.6 Å². The number of rotatable bonds is 5. The zero-order valence-corrected chi connectivity index (χ0v) is 18.2. The van der Waals surface area contributed by atoms with Crippen LogP contribution in [-0.2, 0) is 22.4 Å². The van der Waals surface area contributed by atoms with Gasteiger partial charge in [-0.15, -0.1) is 11.3 Å². The quantitative estimate of drug-likeness (QED) is 0.588. The lowest BCUT2D eigenvalue weighted by Gasteiger charge is -2.24. The van der Waals surface area contributed by atoms with E-state index in [0.29, 0.717) is 35.0 Å². The lowest BCUT2D eigenvalue weighted by Crippen LogP contribution is -2.35. The Morgan fingerprint density at radius 3 is 2.45 bits per heavy atom. The van der Waals surface area contributed by atoms with Crippen molar-refractivity contribution in [2.75, 3.05) is 10.6 Å². The van der Waals surface area contributed by atoms with Crippen LogP contribution in [0.1, 0.15) is 47.0 Å². The van der Waals surface area contributed by atoms with Crippen molar-refractivity contribution >= 4 is 39.8 Å². The predicted octanol–water partition coefficient (Wildman–Crippen LogP) is 4.73. The lowest BCUT2D eigenvalue weighted by atomic mass is 9.82. The minimum Gasteiger partial charge on any atom is -0.481 e. The molecule has 1 heterocycles. The van der Waals surface area contributed by atoms with Gasteiger partial charge in [-0.2, -0.15) is 0 Å². The summed E-state index contributed by atoms with van der Waals surface area (Å²) >= 11 is 1.45. The third kappa shape index (κ3) is 4.56. The molecule has 0 aliphatic heterocycles. The number of para-hydroxylation sites is 1. The summed E-state index contributed by atoms with van der Waals surface area (Å²) in [5, 5.41) is 15.9. The van der Waals surface area contributed by atoms with Gasteiger partial charge in [-0.3, -0.25) is 14.4 Å². The summed E-state index contributed by atoms with van der Waals surface area (Å²) in [6.07, 6.45) is 7.07. The van der Waals surface area contributed by atoms with Crippen LogP contribution in [0.15, 0.2) is 42.5 Å². The third-order valence-corrected chi connectivity index (χ3v) is 7.26. The average Bonchev–Trinajstić information content (AvgIpc) is 3.11. The maximum atomic E-state index is 13.2. The molecule has 6 nitrogen and oxygen atoms in total. The van der Waals surface area contributed by atoms with E-state index in [4.69, 9.17) is 0 Å². The summed E-state index contributed by atoms with van der Waals surface area (Å²) in [7, 11) is 0. The van der Waals surface area contributed by atoms with Crippen LogP contribution in [0.2, 0.25) is 0 Å². The molecule has 31 heavy (non-hydrogen) atoms. The number of thiophene rings is 1. The summed E-state index contributed by atoms with van der Waals surface area (Å²) in [6.45, 7) is 2.19. The van der Waals surface area contributed by atoms with Gasteiger partial charge < -0.3 is 15.7 Å². The smallest absolute Gasteiger partial charge is 0.307 e. The topological polar surface area (TPSA) is 95.5 Å². The van der Waals surface area contributed by atoms with E-state index in [1.165, 1.54) is 11.3 Å². The second kappa shape index (κ2) is 9.06. The molecule has 0 fully saturated rings. The van der Waals surface area contributed by atoms with E-state index in [1.54, 1.807) is 0 Å². The van der Waals surface area contributed by atoms with Crippen LogP contribution in [0, 0.1) is 17.8 Å². The van der Waals surface area contributed by atoms with Gasteiger partial charge in [-0.05, 0) is 55.7 Å². The van der Waals surface area contributed by atoms with Crippen molar-refractivity contribution in [3.8, 4) is 0 Å². The maximum absolute atomic E-state index is 13.2. The SMILES string of the molecule is C[C@@H]1CCc2c(sc(NC(=O)[C@H]3CC=CC[C@H]3C(=O)O)c2C(=O)Nc2ccccc2)C1. The number of amides is 2. The number of carboxylic acid groups (broad SMARTS) is 1. The zero-order valence-electron chi connectivity index (χ0n) is 17.4. The molecular formula is C24H26N2O4S. The van der Waals surface area contributed by atoms with Gasteiger partial charge in [-0.25, -0.2) is 0 Å². The molecule has 4 rings (SSSR count). The molecule has 2 aromatic rings. The van der Waals surface area contributed by atoms with Crippen molar-refractivity contribution in [2.45, 2.75) is 39.0 Å². The van der Waals surface area contributed by atoms with Crippen molar-refractivity contribution in [2.24, 2.45) is 17.8 Å². The Labute approximate surface area is 185 Å². The van der Waals surface area contributed by atoms with E-state index in [2.05, 4.69) is 17.6 Å². The van der Waals surface area contributed by atoms with Crippen LogP contribution < -0.4 is 10.6 Å². The molecule has 0 spiro atoms. The summed E-state index contributed by atoms with van der Waals surface area (Å²) in [6, 6.07) is 9.23. The standard InChI is InChI=1S/C24H26N2O4S/c1-14-11-12-18-19(13-14)31-23(20(18)22(28)25-15-7-3-2-4-8-15)26-21(27)16-9-5-6-10-17(16)24(29)30/h2-8,14,16-17H,9-13H2,1H3,(H,25,28)(H,26,27)(H,29,30)/t14-,16+,17-/m1/s1. The van der Waals surface area contributed by atoms with Crippen molar-refractivity contribution in [1.82, 2.24) is 0 Å². The average molecular weight is 439 g/mol. The summed E-state index contributed by atoms with van der Waals surface area (Å²) in [5.74, 6) is -2.42. The van der Waals surface area contributed by atoms with Crippen molar-refractivity contribution in [3.05, 3.63) is 58.5 Å². The minimum atomic E-state index is -0.967. The molecule has 0 saturated heterocycles. The Bertz CT molecular complexity index is 1030. The molecule has 0 unspecified atom stereocenters. The highest BCUT2D eigenvalue weighted by Gasteiger charge is 2.35. The highest BCUT2D eigenvalue weighted by Crippen LogP contribution is 2.40. The van der Waals surface area contributed by atoms with Gasteiger partial charge in [0.2, 0.25) is 5.91 Å². The van der Waals surface area contributed by atoms with Gasteiger partial charge >= 0.3 is 5.97 Å². The summed E-state index contributed by atoms with van der Waals surface area (Å²) < 4.78 is 0. The Hall–Kier alpha value is -2.93. The van der Waals surface area contributed by atoms with Crippen LogP contribution in [0.5, 0.6) is 0 Å². The molecular weight excluding hydrogens is 412 g/mol. The largest absolute Gasteiger partial charge is 0.481 e. The Kier molecular flexibility index (Phi) is 6.23. The Morgan fingerprint density at radius 1 is 1.03 bits per heavy atom. The second-order valence-electron chi connectivity index (χ2n) is 8.36. The predicted molar refractivity (Wildman–Crippen MR) is 122 cm³/mol. The zero-order chi connectivity index (χ0) is 22.0. The Balaban J connectivity index is 1.63. The van der Waals surface area contributed by atoms with E-state index in [0.717, 1.165) is 29.7 Å². The number of nitrogens with one attached hydrogen (secondary N) is 2. The molecule has 0 radical (unpaired) electrons. The number of carboxylic acids is 1. The van der Waals surface area contributed by atoms with Crippen molar-refractivity contribution < 1.29 is 19.5 Å². The number of carbonyl (C=O) groups excluding carboxylic acids is 2. The van der Waals surface area contributed by atoms with Gasteiger partial charge in [-0.1, -0.05) is 37.3 Å². The second-order valence-corrected chi connectivity index (χ2v) is 9.46. The molecule has 1 aromatic carbocycles. The molecule has 2 aliphatic carbocycles. The van der Waals surface area contributed by atoms with Crippen LogP contribution in [0.4, 0.5) is 10.7 Å². The number of anilines is 2. The highest BCUT2D eigenvalue weighted by molar-refractivity contribution is 7.17. The lowest BCUT2D eigenvalue weighted by molar-refractivity contribution is -0.146. The van der Waals surface area contributed by atoms with E-state index < -0.39 is 17.8 Å². The van der Waals surface area contributed by atoms with Crippen LogP contribution in [0.3, 0.4) is 0 Å². The summed E-state index contributed by atoms with van der Waals surface area (Å²) in [5.41, 5.74) is 2.21. The van der Waals surface area contributed by atoms with Crippen LogP contribution in [0.25, 0.3) is 0 Å². The van der Waals surface area contributed by atoms with E-state index in [1.807, 2.05) is 42.5 Å². The number of allylic oxidation sites excluding steroid dienone is 2. The first-order valence-corrected chi connectivity index (χ1v) is 11.4. The van der Waals surface area contributed by atoms with E-state index in [-0.39, 0.29) is 11.8 Å². The molecule has 7 heteroatoms. The summed E-state index contributed by atoms with van der Waals surface area (Å²) in [4.78, 5) is 39.0. The van der Waals surface area contributed by atoms with Crippen molar-refractivity contribution in [1.29, 1.82) is 0 Å². The molecule has 3 N–H and O–H groups in total. The molecule has 1 aromatic heterocycles. The highest BCUT2D eigenvalue weighted by atomic mass is 32.1. The monoisotopic (exact) mass is 438 g/mol. The number of hydrogen-bond acceptors (Lipinski definition) is 4. The number of benzene rings is 1. The molecule has 0 bridgehead atoms. The fourth-order valence-electron chi connectivity index (χ4n) is 4.38. The third-order valence-electron chi connectivity index (χ3n) is 6.09. The molecule has 2 amide bonds. The molecule has 162 valence electrons. The van der Waals surface area contributed by atoms with Crippen molar-refractivity contribution in [3.63, 3.8) is 0 Å². The molecule has 3 atom stereocenters. The minimum absolute atomic E-state index is 0.244. The fraction of sp³-hybridized carbons (Fsp3) is 0.375. The number of fused-ring (bicyclic) bond motifs is 1. The van der Waals surface area contributed by atoms with E-state index >= 15 is 0 Å². The Morgan fingerprint density at radius 2 is 1.74 bits per heavy atom. The number of aliphatic carboxylic acids is 1. The fourth-order valence-corrected chi connectivity index (χ4v) is 5.79. The van der Waals surface area contributed by atoms with Gasteiger partial charge in [0.1, 0.15) is 5.00 Å². The first-order chi connectivity index (χ1) is 14.9. The normalized spacial score (nSPS) is 22.4.